The Morgan fingerprint density at radius 3 is 2.67 bits per heavy atom. The fourth-order valence-electron chi connectivity index (χ4n) is 6.88. The Bertz CT molecular complexity index is 1760. The highest BCUT2D eigenvalue weighted by Gasteiger charge is 2.51. The molecule has 3 atom stereocenters. The Hall–Kier alpha value is -3.81. The van der Waals surface area contributed by atoms with E-state index >= 15 is 8.78 Å². The summed E-state index contributed by atoms with van der Waals surface area (Å²) in [6, 6.07) is 4.03. The van der Waals surface area contributed by atoms with Gasteiger partial charge in [-0.3, -0.25) is 9.59 Å². The van der Waals surface area contributed by atoms with E-state index in [4.69, 9.17) is 16.3 Å². The van der Waals surface area contributed by atoms with Crippen molar-refractivity contribution in [1.82, 2.24) is 19.4 Å². The predicted octanol–water partition coefficient (Wildman–Crippen LogP) is 5.27. The summed E-state index contributed by atoms with van der Waals surface area (Å²) in [5, 5.41) is 6.95. The Morgan fingerprint density at radius 1 is 1.20 bits per heavy atom. The third kappa shape index (κ3) is 5.80. The van der Waals surface area contributed by atoms with Gasteiger partial charge in [0.1, 0.15) is 5.02 Å². The lowest BCUT2D eigenvalue weighted by Crippen LogP contribution is -2.59. The predicted molar refractivity (Wildman–Crippen MR) is 166 cm³/mol. The van der Waals surface area contributed by atoms with E-state index in [0.717, 1.165) is 6.42 Å². The minimum absolute atomic E-state index is 0.0508. The van der Waals surface area contributed by atoms with Crippen molar-refractivity contribution in [2.75, 3.05) is 48.3 Å². The number of nitrogens with zero attached hydrogens (tertiary/aromatic N) is 5. The van der Waals surface area contributed by atoms with E-state index in [-0.39, 0.29) is 46.5 Å². The molecule has 10 nitrogen and oxygen atoms in total. The third-order valence-electron chi connectivity index (χ3n) is 9.29. The van der Waals surface area contributed by atoms with E-state index in [1.165, 1.54) is 15.7 Å². The minimum Gasteiger partial charge on any atom is -0.480 e. The molecule has 2 aromatic heterocycles. The average molecular weight is 664 g/mol. The number of benzene rings is 1. The number of rotatable bonds is 6. The van der Waals surface area contributed by atoms with Crippen molar-refractivity contribution >= 4 is 51.6 Å². The molecule has 7 rings (SSSR count). The lowest BCUT2D eigenvalue weighted by Gasteiger charge is -2.41. The lowest BCUT2D eigenvalue weighted by atomic mass is 9.87. The number of pyridine rings is 1. The number of halogens is 5. The van der Waals surface area contributed by atoms with Crippen molar-refractivity contribution in [3.8, 4) is 5.75 Å². The molecule has 46 heavy (non-hydrogen) atoms. The first-order valence-corrected chi connectivity index (χ1v) is 15.8. The lowest BCUT2D eigenvalue weighted by molar-refractivity contribution is -0.166. The Balaban J connectivity index is 1.15. The molecular weight excluding hydrogens is 630 g/mol. The molecule has 1 aromatic carbocycles. The number of aryl methyl sites for hydroxylation is 1. The molecule has 0 radical (unpaired) electrons. The Morgan fingerprint density at radius 2 is 1.96 bits per heavy atom. The number of aromatic nitrogens is 3. The van der Waals surface area contributed by atoms with Crippen LogP contribution in [-0.4, -0.2) is 76.0 Å². The average Bonchev–Trinajstić information content (AvgIpc) is 3.83. The van der Waals surface area contributed by atoms with Gasteiger partial charge < -0.3 is 29.7 Å². The van der Waals surface area contributed by atoms with Crippen molar-refractivity contribution in [1.29, 1.82) is 0 Å². The zero-order valence-electron chi connectivity index (χ0n) is 25.3. The van der Waals surface area contributed by atoms with Crippen LogP contribution in [0.4, 0.5) is 40.7 Å². The summed E-state index contributed by atoms with van der Waals surface area (Å²) in [6.07, 6.45) is 3.78. The van der Waals surface area contributed by atoms with Gasteiger partial charge in [0.25, 0.3) is 11.5 Å². The van der Waals surface area contributed by atoms with E-state index in [0.29, 0.717) is 54.3 Å². The summed E-state index contributed by atoms with van der Waals surface area (Å²) in [5.74, 6) is -5.72. The Kier molecular flexibility index (Phi) is 7.48. The van der Waals surface area contributed by atoms with Gasteiger partial charge in [-0.25, -0.2) is 22.5 Å². The fraction of sp³-hybridized carbons (Fsp3) is 0.548. The molecule has 1 saturated carbocycles. The maximum absolute atomic E-state index is 15.0. The molecule has 1 amide bonds. The molecular formula is C31H34ClF4N7O3. The molecule has 5 heterocycles. The third-order valence-corrected chi connectivity index (χ3v) is 9.57. The minimum atomic E-state index is -3.15. The van der Waals surface area contributed by atoms with E-state index in [9.17, 15) is 18.4 Å². The maximum Gasteiger partial charge on any atom is 0.301 e. The topological polar surface area (TPSA) is 105 Å². The van der Waals surface area contributed by atoms with Crippen molar-refractivity contribution in [2.24, 2.45) is 24.8 Å². The zero-order chi connectivity index (χ0) is 32.5. The van der Waals surface area contributed by atoms with Crippen LogP contribution in [-0.2, 0) is 11.8 Å². The summed E-state index contributed by atoms with van der Waals surface area (Å²) in [4.78, 5) is 38.0. The van der Waals surface area contributed by atoms with Gasteiger partial charge in [-0.15, -0.1) is 0 Å². The van der Waals surface area contributed by atoms with Gasteiger partial charge in [0.15, 0.2) is 12.4 Å². The number of carbonyl (C=O) groups excluding carboxylic acids is 1. The van der Waals surface area contributed by atoms with Crippen LogP contribution in [0.5, 0.6) is 5.75 Å². The molecule has 3 aromatic rings. The van der Waals surface area contributed by atoms with Crippen molar-refractivity contribution in [2.45, 2.75) is 50.5 Å². The second-order valence-corrected chi connectivity index (χ2v) is 13.6. The number of nitrogens with one attached hydrogen (secondary N) is 2. The summed E-state index contributed by atoms with van der Waals surface area (Å²) >= 11 is 6.51. The summed E-state index contributed by atoms with van der Waals surface area (Å²) in [5.41, 5.74) is 0.798. The zero-order valence-corrected chi connectivity index (χ0v) is 26.1. The first kappa shape index (κ1) is 30.8. The Labute approximate surface area is 267 Å². The number of carbonyl (C=O) groups is 1. The number of hydrogen-bond donors (Lipinski definition) is 2. The van der Waals surface area contributed by atoms with Gasteiger partial charge in [0.2, 0.25) is 17.6 Å². The number of alkyl halides is 4. The number of piperidine rings is 1. The second-order valence-electron chi connectivity index (χ2n) is 13.2. The van der Waals surface area contributed by atoms with E-state index in [1.807, 2.05) is 4.90 Å². The van der Waals surface area contributed by atoms with Gasteiger partial charge in [-0.05, 0) is 55.2 Å². The van der Waals surface area contributed by atoms with Crippen LogP contribution in [0, 0.1) is 17.8 Å². The highest BCUT2D eigenvalue weighted by atomic mass is 35.5. The van der Waals surface area contributed by atoms with Gasteiger partial charge in [-0.1, -0.05) is 18.5 Å². The van der Waals surface area contributed by atoms with Crippen LogP contribution in [0.3, 0.4) is 0 Å². The van der Waals surface area contributed by atoms with Gasteiger partial charge in [0.05, 0.1) is 36.5 Å². The highest BCUT2D eigenvalue weighted by Crippen LogP contribution is 2.46. The molecule has 3 fully saturated rings. The molecule has 2 N–H and O–H groups in total. The van der Waals surface area contributed by atoms with Crippen molar-refractivity contribution in [3.63, 3.8) is 0 Å². The summed E-state index contributed by atoms with van der Waals surface area (Å²) in [7, 11) is 1.57. The molecule has 3 aliphatic heterocycles. The number of hydrogen-bond acceptors (Lipinski definition) is 8. The van der Waals surface area contributed by atoms with Crippen LogP contribution in [0.2, 0.25) is 5.02 Å². The van der Waals surface area contributed by atoms with Gasteiger partial charge in [-0.2, -0.15) is 4.98 Å². The molecule has 2 unspecified atom stereocenters. The number of amides is 1. The molecule has 246 valence electrons. The summed E-state index contributed by atoms with van der Waals surface area (Å²) in [6.45, 7) is 1.24. The second kappa shape index (κ2) is 11.2. The van der Waals surface area contributed by atoms with Gasteiger partial charge in [0, 0.05) is 37.6 Å². The van der Waals surface area contributed by atoms with Crippen LogP contribution in [0.25, 0.3) is 10.9 Å². The normalized spacial score (nSPS) is 25.2. The fourth-order valence-corrected chi connectivity index (χ4v) is 7.02. The van der Waals surface area contributed by atoms with Gasteiger partial charge >= 0.3 is 5.92 Å². The van der Waals surface area contributed by atoms with E-state index in [2.05, 4.69) is 27.5 Å². The van der Waals surface area contributed by atoms with Crippen LogP contribution >= 0.6 is 11.6 Å². The molecule has 15 heteroatoms. The van der Waals surface area contributed by atoms with Crippen LogP contribution in [0.1, 0.15) is 32.6 Å². The number of fused-ring (bicyclic) bond motifs is 3. The summed E-state index contributed by atoms with van der Waals surface area (Å²) < 4.78 is 63.5. The smallest absolute Gasteiger partial charge is 0.301 e. The van der Waals surface area contributed by atoms with Crippen molar-refractivity contribution in [3.05, 3.63) is 39.8 Å². The highest BCUT2D eigenvalue weighted by molar-refractivity contribution is 6.33. The number of anilines is 4. The molecule has 4 aliphatic rings. The quantitative estimate of drug-likeness (QED) is 0.344. The molecule has 2 saturated heterocycles. The van der Waals surface area contributed by atoms with Crippen molar-refractivity contribution < 1.29 is 27.1 Å². The van der Waals surface area contributed by atoms with E-state index in [1.54, 1.807) is 25.2 Å². The number of ether oxygens (including phenoxy) is 1. The molecule has 0 spiro atoms. The maximum atomic E-state index is 15.0. The molecule has 0 bridgehead atoms. The van der Waals surface area contributed by atoms with Crippen LogP contribution in [0.15, 0.2) is 29.2 Å². The monoisotopic (exact) mass is 663 g/mol. The first-order chi connectivity index (χ1) is 21.8. The molecule has 1 aliphatic carbocycles. The SMILES string of the molecule is CC1CC(CC(=O)N2CC(F)(F)C2)CN(c2ncc(Cl)c(Nc3ccc4c(c3)c3c(c(=O)n4C)OCC(F)(F)[C@H](C4CC4)N3)n2)C1. The van der Waals surface area contributed by atoms with E-state index < -0.39 is 43.1 Å². The first-order valence-electron chi connectivity index (χ1n) is 15.4. The largest absolute Gasteiger partial charge is 0.480 e. The standard InChI is InChI=1S/C31H34ClF4N7O3/c1-16-7-17(8-23(44)43-13-30(33,34)14-43)12-42(11-16)29-37-10-21(32)27(40-29)38-19-5-6-22-20(9-19)24-25(28(45)41(22)2)46-15-31(35,36)26(39-24)18-3-4-18/h5-6,9-10,16-18,26,39H,3-4,7-8,11-15H2,1-2H3,(H,37,38,40)/t16?,17?,26-/m0/s1. The van der Waals surface area contributed by atoms with Crippen LogP contribution < -0.4 is 25.8 Å². The number of likely N-dealkylation sites (tertiary alicyclic amines) is 1.